The van der Waals surface area contributed by atoms with Gasteiger partial charge in [0.1, 0.15) is 0 Å². The highest BCUT2D eigenvalue weighted by Gasteiger charge is 2.36. The Kier molecular flexibility index (Phi) is 9.41. The molecule has 0 saturated carbocycles. The number of hydrogen-bond acceptors (Lipinski definition) is 1. The zero-order valence-corrected chi connectivity index (χ0v) is 34.1. The summed E-state index contributed by atoms with van der Waals surface area (Å²) in [7, 11) is 0. The molecule has 0 saturated heterocycles. The maximum absolute atomic E-state index is 15.1. The van der Waals surface area contributed by atoms with E-state index in [1.807, 2.05) is 94.1 Å². The van der Waals surface area contributed by atoms with E-state index in [4.69, 9.17) is 32.9 Å². The Morgan fingerprint density at radius 1 is 0.439 bits per heavy atom. The van der Waals surface area contributed by atoms with Gasteiger partial charge in [-0.25, -0.2) is 24.2 Å². The van der Waals surface area contributed by atoms with Crippen LogP contribution in [0.15, 0.2) is 152 Å². The van der Waals surface area contributed by atoms with Crippen LogP contribution in [0.2, 0.25) is 0 Å². The molecule has 0 aliphatic heterocycles. The molecule has 0 aliphatic rings. The number of benzene rings is 8. The minimum atomic E-state index is -4.88. The highest BCUT2D eigenvalue weighted by molar-refractivity contribution is 6.13. The summed E-state index contributed by atoms with van der Waals surface area (Å²) in [6, 6.07) is 45.4. The van der Waals surface area contributed by atoms with E-state index in [1.165, 1.54) is 24.3 Å². The summed E-state index contributed by atoms with van der Waals surface area (Å²) < 4.78 is 49.1. The molecule has 0 radical (unpaired) electrons. The molecule has 2 aromatic heterocycles. The van der Waals surface area contributed by atoms with Crippen LogP contribution in [-0.2, 0) is 6.18 Å². The maximum Gasteiger partial charge on any atom is 0.415 e. The first-order chi connectivity index (χ1) is 32.1. The lowest BCUT2D eigenvalue weighted by molar-refractivity contribution is -0.137. The fourth-order valence-electron chi connectivity index (χ4n) is 8.99. The minimum Gasteiger partial charge on any atom is -0.308 e. The van der Waals surface area contributed by atoms with Gasteiger partial charge in [-0.1, -0.05) is 97.1 Å². The summed E-state index contributed by atoms with van der Waals surface area (Å²) in [5.41, 5.74) is 5.42. The molecule has 10 aromatic rings. The summed E-state index contributed by atoms with van der Waals surface area (Å²) in [6.07, 6.45) is -4.88. The van der Waals surface area contributed by atoms with Gasteiger partial charge in [-0.15, -0.1) is 0 Å². The third-order valence-corrected chi connectivity index (χ3v) is 11.8. The number of rotatable bonds is 5. The SMILES string of the molecule is [C-]#[N+]c1cc(C#N)cc(-c2ccc3c4ccccc4n(-c4cc(-c5c([N+]#[C-])cccc5C(F)(F)F)c([N+]#[C-])cc4-n4c5ccccc5c5ccc(-c6cc([N+]#[C-])cc([N+]#[C-])c6)cc54)c3c2)c1. The molecule has 0 bridgehead atoms. The monoisotopic (exact) mass is 854 g/mol. The van der Waals surface area contributed by atoms with E-state index < -0.39 is 17.3 Å². The Morgan fingerprint density at radius 2 is 0.939 bits per heavy atom. The van der Waals surface area contributed by atoms with E-state index in [-0.39, 0.29) is 22.6 Å². The summed E-state index contributed by atoms with van der Waals surface area (Å²) in [5, 5.41) is 13.2. The van der Waals surface area contributed by atoms with E-state index in [0.29, 0.717) is 67.1 Å². The molecule has 8 aromatic carbocycles. The van der Waals surface area contributed by atoms with Crippen LogP contribution >= 0.6 is 0 Å². The highest BCUT2D eigenvalue weighted by Crippen LogP contribution is 2.49. The van der Waals surface area contributed by atoms with E-state index in [2.05, 4.69) is 30.3 Å². The fourth-order valence-corrected chi connectivity index (χ4v) is 8.99. The quantitative estimate of drug-likeness (QED) is 0.159. The van der Waals surface area contributed by atoms with Crippen LogP contribution in [0.4, 0.5) is 41.6 Å². The number of para-hydroxylation sites is 2. The predicted octanol–water partition coefficient (Wildman–Crippen LogP) is 16.5. The van der Waals surface area contributed by atoms with Crippen molar-refractivity contribution in [3.05, 3.63) is 220 Å². The second kappa shape index (κ2) is 15.5. The fraction of sp³-hybridized carbons (Fsp3) is 0.0182. The Hall–Kier alpha value is -9.91. The van der Waals surface area contributed by atoms with Crippen LogP contribution in [0.25, 0.3) is 113 Å². The van der Waals surface area contributed by atoms with Crippen LogP contribution in [0.5, 0.6) is 0 Å². The molecule has 2 heterocycles. The number of fused-ring (bicyclic) bond motifs is 6. The van der Waals surface area contributed by atoms with Gasteiger partial charge in [0.15, 0.2) is 28.4 Å². The molecule has 306 valence electrons. The van der Waals surface area contributed by atoms with Gasteiger partial charge in [-0.3, -0.25) is 0 Å². The van der Waals surface area contributed by atoms with Crippen molar-refractivity contribution >= 4 is 72.0 Å². The van der Waals surface area contributed by atoms with Gasteiger partial charge < -0.3 is 9.13 Å². The lowest BCUT2D eigenvalue weighted by atomic mass is 9.94. The van der Waals surface area contributed by atoms with Crippen molar-refractivity contribution in [1.82, 2.24) is 9.13 Å². The predicted molar refractivity (Wildman–Crippen MR) is 252 cm³/mol. The summed E-state index contributed by atoms with van der Waals surface area (Å²) >= 11 is 0. The summed E-state index contributed by atoms with van der Waals surface area (Å²) in [5.74, 6) is 0. The van der Waals surface area contributed by atoms with Gasteiger partial charge in [0.2, 0.25) is 0 Å². The van der Waals surface area contributed by atoms with E-state index in [1.54, 1.807) is 36.4 Å². The molecule has 10 rings (SSSR count). The molecule has 66 heavy (non-hydrogen) atoms. The van der Waals surface area contributed by atoms with Crippen LogP contribution < -0.4 is 0 Å². The first kappa shape index (κ1) is 40.2. The zero-order chi connectivity index (χ0) is 45.9. The second-order valence-electron chi connectivity index (χ2n) is 15.4. The molecule has 8 nitrogen and oxygen atoms in total. The smallest absolute Gasteiger partial charge is 0.308 e. The Bertz CT molecular complexity index is 3950. The number of alkyl halides is 3. The third-order valence-electron chi connectivity index (χ3n) is 11.8. The summed E-state index contributed by atoms with van der Waals surface area (Å²) in [4.78, 5) is 18.2. The molecule has 0 amide bonds. The molecule has 0 atom stereocenters. The van der Waals surface area contributed by atoms with Crippen molar-refractivity contribution in [2.75, 3.05) is 0 Å². The standard InChI is InChI=1S/C55H25F3N8/c1-60-37-22-32(31-59)21-35(23-37)33-17-19-42-40-11-6-8-15-48(40)65(50(42)26-33)52-29-44(54-45(55(56,57)58)13-10-14-46(54)63-4)47(64-5)30-53(52)66-49-16-9-7-12-41(49)43-20-18-34(27-51(43)66)36-24-38(61-2)28-39(25-36)62-3/h6-30H. The first-order valence-corrected chi connectivity index (χ1v) is 20.1. The normalized spacial score (nSPS) is 11.2. The van der Waals surface area contributed by atoms with E-state index in [0.717, 1.165) is 33.1 Å². The van der Waals surface area contributed by atoms with Gasteiger partial charge in [0, 0.05) is 27.1 Å². The number of halogens is 3. The van der Waals surface area contributed by atoms with Crippen LogP contribution in [-0.4, -0.2) is 9.13 Å². The second-order valence-corrected chi connectivity index (χ2v) is 15.4. The molecular weight excluding hydrogens is 830 g/mol. The molecule has 0 aliphatic carbocycles. The molecule has 0 fully saturated rings. The molecule has 0 spiro atoms. The Labute approximate surface area is 375 Å². The average molecular weight is 855 g/mol. The van der Waals surface area contributed by atoms with Crippen molar-refractivity contribution in [2.45, 2.75) is 6.18 Å². The number of nitrogens with zero attached hydrogens (tertiary/aromatic N) is 8. The van der Waals surface area contributed by atoms with Crippen LogP contribution in [0.3, 0.4) is 0 Å². The molecule has 0 N–H and O–H groups in total. The van der Waals surface area contributed by atoms with Gasteiger partial charge in [0.25, 0.3) is 0 Å². The van der Waals surface area contributed by atoms with Crippen molar-refractivity contribution < 1.29 is 13.2 Å². The number of nitriles is 1. The number of hydrogen-bond donors (Lipinski definition) is 0. The lowest BCUT2D eigenvalue weighted by Crippen LogP contribution is -2.08. The van der Waals surface area contributed by atoms with Crippen molar-refractivity contribution in [2.24, 2.45) is 0 Å². The van der Waals surface area contributed by atoms with E-state index in [9.17, 15) is 5.26 Å². The van der Waals surface area contributed by atoms with Gasteiger partial charge in [-0.2, -0.15) is 18.4 Å². The average Bonchev–Trinajstić information content (AvgIpc) is 3.86. The van der Waals surface area contributed by atoms with Gasteiger partial charge in [0.05, 0.1) is 77.9 Å². The largest absolute Gasteiger partial charge is 0.415 e. The van der Waals surface area contributed by atoms with Crippen LogP contribution in [0, 0.1) is 44.2 Å². The van der Waals surface area contributed by atoms with Crippen LogP contribution in [0.1, 0.15) is 11.1 Å². The Morgan fingerprint density at radius 3 is 1.45 bits per heavy atom. The van der Waals surface area contributed by atoms with Crippen molar-refractivity contribution in [1.29, 1.82) is 5.26 Å². The topological polar surface area (TPSA) is 55.4 Å². The first-order valence-electron chi connectivity index (χ1n) is 20.1. The number of aromatic nitrogens is 2. The zero-order valence-electron chi connectivity index (χ0n) is 34.1. The molecule has 0 unspecified atom stereocenters. The maximum atomic E-state index is 15.1. The Balaban J connectivity index is 1.38. The summed E-state index contributed by atoms with van der Waals surface area (Å²) in [6.45, 7) is 39.7. The van der Waals surface area contributed by atoms with Crippen molar-refractivity contribution in [3.63, 3.8) is 0 Å². The molecular formula is C55H25F3N8. The van der Waals surface area contributed by atoms with E-state index >= 15 is 13.2 Å². The lowest BCUT2D eigenvalue weighted by Gasteiger charge is -2.22. The van der Waals surface area contributed by atoms with Crippen molar-refractivity contribution in [3.8, 4) is 50.8 Å². The van der Waals surface area contributed by atoms with Gasteiger partial charge >= 0.3 is 6.18 Å². The minimum absolute atomic E-state index is 0.0859. The third kappa shape index (κ3) is 6.42. The molecule has 11 heteroatoms. The highest BCUT2D eigenvalue weighted by atomic mass is 19.4. The van der Waals surface area contributed by atoms with Gasteiger partial charge in [-0.05, 0) is 88.0 Å².